The number of methoxy groups -OCH3 is 1. The van der Waals surface area contributed by atoms with Crippen molar-refractivity contribution in [3.63, 3.8) is 0 Å². The largest absolute Gasteiger partial charge is 0.494 e. The summed E-state index contributed by atoms with van der Waals surface area (Å²) < 4.78 is 5.21. The minimum Gasteiger partial charge on any atom is -0.494 e. The van der Waals surface area contributed by atoms with E-state index in [-0.39, 0.29) is 18.3 Å². The van der Waals surface area contributed by atoms with E-state index in [0.717, 1.165) is 18.7 Å². The Bertz CT molecular complexity index is 396. The monoisotopic (exact) mass is 242 g/mol. The lowest BCUT2D eigenvalue weighted by atomic mass is 10.2. The first-order valence-corrected chi connectivity index (χ1v) is 4.96. The fourth-order valence-corrected chi connectivity index (χ4v) is 1.82. The third-order valence-corrected chi connectivity index (χ3v) is 2.57. The van der Waals surface area contributed by atoms with Crippen LogP contribution in [0.15, 0.2) is 18.2 Å². The summed E-state index contributed by atoms with van der Waals surface area (Å²) in [6.07, 6.45) is 1.53. The molecule has 0 unspecified atom stereocenters. The summed E-state index contributed by atoms with van der Waals surface area (Å²) in [6, 6.07) is 5.35. The minimum atomic E-state index is 0. The maximum Gasteiger partial charge on any atom is 0.227 e. The van der Waals surface area contributed by atoms with Crippen molar-refractivity contribution in [1.29, 1.82) is 0 Å². The minimum absolute atomic E-state index is 0. The van der Waals surface area contributed by atoms with Crippen LogP contribution in [0.4, 0.5) is 11.4 Å². The number of carbonyl (C=O) groups is 1. The highest BCUT2D eigenvalue weighted by Crippen LogP contribution is 2.32. The van der Waals surface area contributed by atoms with Crippen LogP contribution in [-0.2, 0) is 4.79 Å². The first-order chi connectivity index (χ1) is 7.22. The summed E-state index contributed by atoms with van der Waals surface area (Å²) in [6.45, 7) is 0.763. The number of carbonyl (C=O) groups excluding carboxylic acids is 1. The van der Waals surface area contributed by atoms with E-state index in [9.17, 15) is 4.79 Å². The van der Waals surface area contributed by atoms with E-state index in [1.54, 1.807) is 24.1 Å². The molecular weight excluding hydrogens is 228 g/mol. The predicted octanol–water partition coefficient (Wildman–Crippen LogP) is 1.83. The molecule has 4 nitrogen and oxygen atoms in total. The molecule has 0 aliphatic carbocycles. The lowest BCUT2D eigenvalue weighted by Crippen LogP contribution is -2.24. The lowest BCUT2D eigenvalue weighted by molar-refractivity contribution is -0.117. The molecule has 5 heteroatoms. The number of amides is 1. The number of hydrogen-bond acceptors (Lipinski definition) is 3. The quantitative estimate of drug-likeness (QED) is 0.805. The Labute approximate surface area is 101 Å². The van der Waals surface area contributed by atoms with Crippen LogP contribution in [0.3, 0.4) is 0 Å². The van der Waals surface area contributed by atoms with Crippen molar-refractivity contribution >= 4 is 29.7 Å². The number of anilines is 2. The molecule has 0 atom stereocenters. The summed E-state index contributed by atoms with van der Waals surface area (Å²) in [7, 11) is 1.58. The van der Waals surface area contributed by atoms with Gasteiger partial charge in [-0.3, -0.25) is 4.79 Å². The fourth-order valence-electron chi connectivity index (χ4n) is 1.82. The van der Waals surface area contributed by atoms with E-state index in [1.165, 1.54) is 0 Å². The zero-order valence-corrected chi connectivity index (χ0v) is 9.92. The van der Waals surface area contributed by atoms with Gasteiger partial charge < -0.3 is 15.4 Å². The molecule has 0 aromatic heterocycles. The molecular formula is C11H15ClN2O2. The number of benzene rings is 1. The average molecular weight is 243 g/mol. The summed E-state index contributed by atoms with van der Waals surface area (Å²) >= 11 is 0. The van der Waals surface area contributed by atoms with Gasteiger partial charge in [-0.15, -0.1) is 12.4 Å². The topological polar surface area (TPSA) is 55.6 Å². The van der Waals surface area contributed by atoms with Crippen molar-refractivity contribution in [1.82, 2.24) is 0 Å². The predicted molar refractivity (Wildman–Crippen MR) is 66.2 cm³/mol. The molecule has 2 N–H and O–H groups in total. The third-order valence-electron chi connectivity index (χ3n) is 2.57. The molecule has 0 saturated carbocycles. The number of halogens is 1. The first kappa shape index (κ1) is 12.6. The van der Waals surface area contributed by atoms with Gasteiger partial charge in [-0.25, -0.2) is 0 Å². The van der Waals surface area contributed by atoms with Crippen molar-refractivity contribution in [2.24, 2.45) is 0 Å². The molecule has 16 heavy (non-hydrogen) atoms. The SMILES string of the molecule is COc1cc(N)ccc1N1CCCC1=O.Cl. The molecule has 88 valence electrons. The second-order valence-corrected chi connectivity index (χ2v) is 3.58. The van der Waals surface area contributed by atoms with Gasteiger partial charge in [-0.1, -0.05) is 0 Å². The van der Waals surface area contributed by atoms with Crippen molar-refractivity contribution in [2.45, 2.75) is 12.8 Å². The van der Waals surface area contributed by atoms with Crippen LogP contribution in [0.25, 0.3) is 0 Å². The maximum atomic E-state index is 11.6. The van der Waals surface area contributed by atoms with E-state index >= 15 is 0 Å². The zero-order chi connectivity index (χ0) is 10.8. The number of nitrogens with two attached hydrogens (primary N) is 1. The van der Waals surface area contributed by atoms with Crippen LogP contribution >= 0.6 is 12.4 Å². The van der Waals surface area contributed by atoms with Crippen molar-refractivity contribution < 1.29 is 9.53 Å². The van der Waals surface area contributed by atoms with Crippen molar-refractivity contribution in [2.75, 3.05) is 24.3 Å². The van der Waals surface area contributed by atoms with E-state index < -0.39 is 0 Å². The van der Waals surface area contributed by atoms with Crippen LogP contribution in [0.1, 0.15) is 12.8 Å². The molecule has 1 aliphatic rings. The Hall–Kier alpha value is -1.42. The summed E-state index contributed by atoms with van der Waals surface area (Å²) in [5.74, 6) is 0.809. The van der Waals surface area contributed by atoms with Crippen LogP contribution < -0.4 is 15.4 Å². The average Bonchev–Trinajstić information content (AvgIpc) is 2.64. The van der Waals surface area contributed by atoms with E-state index in [2.05, 4.69) is 0 Å². The second kappa shape index (κ2) is 5.07. The number of ether oxygens (including phenoxy) is 1. The van der Waals surface area contributed by atoms with Gasteiger partial charge in [0.05, 0.1) is 12.8 Å². The summed E-state index contributed by atoms with van der Waals surface area (Å²) in [4.78, 5) is 13.3. The molecule has 1 aromatic rings. The fraction of sp³-hybridized carbons (Fsp3) is 0.364. The second-order valence-electron chi connectivity index (χ2n) is 3.58. The van der Waals surface area contributed by atoms with Gasteiger partial charge in [0.1, 0.15) is 5.75 Å². The smallest absolute Gasteiger partial charge is 0.227 e. The maximum absolute atomic E-state index is 11.6. The van der Waals surface area contributed by atoms with Crippen LogP contribution in [0.2, 0.25) is 0 Å². The van der Waals surface area contributed by atoms with Gasteiger partial charge >= 0.3 is 0 Å². The van der Waals surface area contributed by atoms with Gasteiger partial charge in [0.2, 0.25) is 5.91 Å². The summed E-state index contributed by atoms with van der Waals surface area (Å²) in [5, 5.41) is 0. The molecule has 2 rings (SSSR count). The number of rotatable bonds is 2. The third kappa shape index (κ3) is 2.22. The van der Waals surface area contributed by atoms with Crippen LogP contribution in [0, 0.1) is 0 Å². The van der Waals surface area contributed by atoms with Gasteiger partial charge in [-0.2, -0.15) is 0 Å². The van der Waals surface area contributed by atoms with Crippen LogP contribution in [0.5, 0.6) is 5.75 Å². The molecule has 1 fully saturated rings. The Morgan fingerprint density at radius 3 is 2.75 bits per heavy atom. The van der Waals surface area contributed by atoms with Gasteiger partial charge in [-0.05, 0) is 18.6 Å². The van der Waals surface area contributed by atoms with Gasteiger partial charge in [0, 0.05) is 24.7 Å². The first-order valence-electron chi connectivity index (χ1n) is 4.96. The number of hydrogen-bond donors (Lipinski definition) is 1. The molecule has 1 aromatic carbocycles. The van der Waals surface area contributed by atoms with Gasteiger partial charge in [0.25, 0.3) is 0 Å². The van der Waals surface area contributed by atoms with Crippen molar-refractivity contribution in [3.05, 3.63) is 18.2 Å². The van der Waals surface area contributed by atoms with Crippen molar-refractivity contribution in [3.8, 4) is 5.75 Å². The van der Waals surface area contributed by atoms with E-state index in [0.29, 0.717) is 17.9 Å². The standard InChI is InChI=1S/C11H14N2O2.ClH/c1-15-10-7-8(12)4-5-9(10)13-6-2-3-11(13)14;/h4-5,7H,2-3,6,12H2,1H3;1H. The lowest BCUT2D eigenvalue weighted by Gasteiger charge is -2.18. The van der Waals surface area contributed by atoms with Crippen LogP contribution in [-0.4, -0.2) is 19.6 Å². The van der Waals surface area contributed by atoms with E-state index in [1.807, 2.05) is 6.07 Å². The highest BCUT2D eigenvalue weighted by molar-refractivity contribution is 5.97. The summed E-state index contributed by atoms with van der Waals surface area (Å²) in [5.41, 5.74) is 7.11. The molecule has 1 aliphatic heterocycles. The molecule has 1 amide bonds. The molecule has 0 radical (unpaired) electrons. The molecule has 0 spiro atoms. The van der Waals surface area contributed by atoms with E-state index in [4.69, 9.17) is 10.5 Å². The Balaban J connectivity index is 0.00000128. The zero-order valence-electron chi connectivity index (χ0n) is 9.10. The highest BCUT2D eigenvalue weighted by Gasteiger charge is 2.24. The number of nitrogen functional groups attached to an aromatic ring is 1. The normalized spacial score (nSPS) is 14.8. The highest BCUT2D eigenvalue weighted by atomic mass is 35.5. The molecule has 1 heterocycles. The number of nitrogens with zero attached hydrogens (tertiary/aromatic N) is 1. The Kier molecular flexibility index (Phi) is 4.01. The Morgan fingerprint density at radius 1 is 1.44 bits per heavy atom. The molecule has 1 saturated heterocycles. The Morgan fingerprint density at radius 2 is 2.19 bits per heavy atom. The van der Waals surface area contributed by atoms with Gasteiger partial charge in [0.15, 0.2) is 0 Å². The molecule has 0 bridgehead atoms.